The number of hydrazine groups is 2. The van der Waals surface area contributed by atoms with Crippen molar-refractivity contribution in [3.63, 3.8) is 0 Å². The molecule has 19 heteroatoms. The lowest BCUT2D eigenvalue weighted by Crippen LogP contribution is -2.62. The predicted molar refractivity (Wildman–Crippen MR) is 272 cm³/mol. The zero-order chi connectivity index (χ0) is 51.5. The van der Waals surface area contributed by atoms with Gasteiger partial charge in [0.1, 0.15) is 22.7 Å². The van der Waals surface area contributed by atoms with Crippen LogP contribution in [-0.4, -0.2) is 150 Å². The summed E-state index contributed by atoms with van der Waals surface area (Å²) >= 11 is 0. The molecule has 5 heterocycles. The van der Waals surface area contributed by atoms with E-state index in [-0.39, 0.29) is 50.9 Å². The average molecular weight is 999 g/mol. The number of carbonyl (C=O) groups is 3. The standard InChI is InChI=1S/C52H71N9O9S/c1-11-59-45-18-17-36-29-41(45)42(48(59)40-15-12-20-53-46(40)34(4)69-10)30-52(5,6)32-70-51(65)43-16-13-22-60(55-43)50(64)44(27-35-25-37(36)28-39(62)26-35)54-49(63)47(33(2)3)57(9)61(66)38-19-23-58(31-38)71(67,68)24-14-21-56(7)8/h12,14-15,17-18,20,24-26,28-29,33-34,38,43-44,47,55H,11,13,16,19,21-23,27,30-32H2,1-10H3,(H-,54,62,63)/p+1/b24-14+/t34-,38-,43-,44-,47-/m0/s1. The number of phenols is 1. The van der Waals surface area contributed by atoms with Gasteiger partial charge in [0.2, 0.25) is 22.0 Å². The van der Waals surface area contributed by atoms with Crippen molar-refractivity contribution >= 4 is 38.7 Å². The van der Waals surface area contributed by atoms with Crippen molar-refractivity contribution in [3.05, 3.63) is 87.9 Å². The number of aromatic nitrogens is 2. The number of hydrogen-bond acceptors (Lipinski definition) is 12. The number of methoxy groups -OCH3 is 1. The summed E-state index contributed by atoms with van der Waals surface area (Å²) in [5.74, 6) is -2.08. The number of rotatable bonds is 14. The first-order valence-electron chi connectivity index (χ1n) is 24.6. The third kappa shape index (κ3) is 11.8. The monoisotopic (exact) mass is 999 g/mol. The molecule has 2 saturated heterocycles. The maximum Gasteiger partial charge on any atom is 0.324 e. The number of fused-ring (bicyclic) bond motifs is 6. The van der Waals surface area contributed by atoms with Crippen molar-refractivity contribution in [2.75, 3.05) is 61.0 Å². The number of likely N-dealkylation sites (N-methyl/N-ethyl adjacent to an activating group) is 2. The molecule has 3 N–H and O–H groups in total. The molecule has 7 rings (SSSR count). The molecular formula is C52H72N9O9S+. The van der Waals surface area contributed by atoms with Crippen molar-refractivity contribution in [3.8, 4) is 28.1 Å². The second-order valence-corrected chi connectivity index (χ2v) is 22.4. The molecule has 2 amide bonds. The minimum Gasteiger partial charge on any atom is -0.508 e. The number of cyclic esters (lactones) is 1. The third-order valence-corrected chi connectivity index (χ3v) is 15.4. The van der Waals surface area contributed by atoms with Gasteiger partial charge in [0.15, 0.2) is 6.04 Å². The Morgan fingerprint density at radius 1 is 1.08 bits per heavy atom. The van der Waals surface area contributed by atoms with E-state index in [4.69, 9.17) is 14.5 Å². The number of sulfonamides is 1. The first kappa shape index (κ1) is 53.1. The summed E-state index contributed by atoms with van der Waals surface area (Å²) in [7, 11) is 3.05. The van der Waals surface area contributed by atoms with Gasteiger partial charge in [0.25, 0.3) is 5.91 Å². The zero-order valence-electron chi connectivity index (χ0n) is 42.8. The molecule has 0 spiro atoms. The van der Waals surface area contributed by atoms with Crippen LogP contribution in [0.4, 0.5) is 0 Å². The van der Waals surface area contributed by atoms with Gasteiger partial charge in [0, 0.05) is 79.6 Å². The normalized spacial score (nSPS) is 21.1. The number of nitrogens with zero attached hydrogens (tertiary/aromatic N) is 7. The van der Waals surface area contributed by atoms with Gasteiger partial charge in [-0.25, -0.2) is 13.8 Å². The van der Waals surface area contributed by atoms with Crippen LogP contribution in [-0.2, 0) is 53.3 Å². The number of nitroso groups, excluding NO2 is 1. The highest BCUT2D eigenvalue weighted by Gasteiger charge is 2.46. The Balaban J connectivity index is 1.26. The number of ether oxygens (including phenoxy) is 2. The Morgan fingerprint density at radius 3 is 2.55 bits per heavy atom. The fourth-order valence-electron chi connectivity index (χ4n) is 10.2. The van der Waals surface area contributed by atoms with E-state index in [0.717, 1.165) is 44.4 Å². The molecule has 2 aromatic carbocycles. The fourth-order valence-corrected chi connectivity index (χ4v) is 11.4. The molecule has 5 atom stereocenters. The Bertz CT molecular complexity index is 2770. The van der Waals surface area contributed by atoms with Gasteiger partial charge in [0.05, 0.1) is 42.6 Å². The quantitative estimate of drug-likeness (QED) is 0.0805. The Labute approximate surface area is 417 Å². The molecule has 384 valence electrons. The lowest BCUT2D eigenvalue weighted by molar-refractivity contribution is -0.732. The van der Waals surface area contributed by atoms with Crippen LogP contribution in [0.3, 0.4) is 0 Å². The van der Waals surface area contributed by atoms with Crippen LogP contribution in [0, 0.1) is 16.2 Å². The van der Waals surface area contributed by atoms with Gasteiger partial charge in [-0.1, -0.05) is 45.9 Å². The highest BCUT2D eigenvalue weighted by Crippen LogP contribution is 2.42. The van der Waals surface area contributed by atoms with Crippen LogP contribution >= 0.6 is 0 Å². The van der Waals surface area contributed by atoms with Crippen LogP contribution in [0.5, 0.6) is 5.75 Å². The molecule has 71 heavy (non-hydrogen) atoms. The van der Waals surface area contributed by atoms with Crippen LogP contribution in [0.25, 0.3) is 33.3 Å². The maximum atomic E-state index is 14.8. The van der Waals surface area contributed by atoms with Crippen LogP contribution in [0.1, 0.15) is 83.7 Å². The molecule has 0 radical (unpaired) electrons. The van der Waals surface area contributed by atoms with Gasteiger partial charge < -0.3 is 29.4 Å². The smallest absolute Gasteiger partial charge is 0.324 e. The van der Waals surface area contributed by atoms with E-state index in [9.17, 15) is 32.8 Å². The van der Waals surface area contributed by atoms with E-state index < -0.39 is 63.3 Å². The van der Waals surface area contributed by atoms with E-state index >= 15 is 0 Å². The molecule has 0 saturated carbocycles. The molecular weight excluding hydrogens is 927 g/mol. The van der Waals surface area contributed by atoms with E-state index in [2.05, 4.69) is 54.3 Å². The molecule has 0 aliphatic carbocycles. The SMILES string of the molecule is CCn1c(-c2cccnc2[C@H](C)OC)c2c3cc(ccc31)-c1cc(O)cc(c1)C[C@H](NC(=O)[C@H](C(C)C)N(C)[N+](=O)[C@H]1CCN(S(=O)(=O)/C=C/CN(C)C)C1)C(=O)N1CCC[C@H](N1)C(=O)OCC(C)(C)C2. The van der Waals surface area contributed by atoms with E-state index in [0.29, 0.717) is 48.3 Å². The second kappa shape index (κ2) is 21.9. The zero-order valence-corrected chi connectivity index (χ0v) is 43.7. The van der Waals surface area contributed by atoms with Gasteiger partial charge in [-0.3, -0.25) is 24.4 Å². The van der Waals surface area contributed by atoms with Gasteiger partial charge in [-0.05, 0) is 112 Å². The Morgan fingerprint density at radius 2 is 1.85 bits per heavy atom. The van der Waals surface area contributed by atoms with Crippen LogP contribution in [0.15, 0.2) is 66.2 Å². The number of hydrogen-bond donors (Lipinski definition) is 3. The van der Waals surface area contributed by atoms with E-state index in [1.54, 1.807) is 45.4 Å². The number of esters is 1. The predicted octanol–water partition coefficient (Wildman–Crippen LogP) is 5.58. The molecule has 2 fully saturated rings. The lowest BCUT2D eigenvalue weighted by Gasteiger charge is -2.36. The topological polar surface area (TPSA) is 199 Å². The number of pyridine rings is 1. The molecule has 0 unspecified atom stereocenters. The van der Waals surface area contributed by atoms with Gasteiger partial charge >= 0.3 is 5.97 Å². The second-order valence-electron chi connectivity index (χ2n) is 20.6. The summed E-state index contributed by atoms with van der Waals surface area (Å²) in [5, 5.41) is 19.1. The number of nitrogens with one attached hydrogen (secondary N) is 2. The summed E-state index contributed by atoms with van der Waals surface area (Å²) < 4.78 is 41.7. The molecule has 6 bridgehead atoms. The molecule has 3 aliphatic rings. The van der Waals surface area contributed by atoms with E-state index in [1.165, 1.54) is 21.4 Å². The summed E-state index contributed by atoms with van der Waals surface area (Å²) in [6, 6.07) is 11.4. The summed E-state index contributed by atoms with van der Waals surface area (Å²) in [6.45, 7) is 13.3. The molecule has 18 nitrogen and oxygen atoms in total. The summed E-state index contributed by atoms with van der Waals surface area (Å²) in [4.78, 5) is 64.8. The molecule has 2 aromatic heterocycles. The number of aromatic hydroxyl groups is 1. The average Bonchev–Trinajstić information content (AvgIpc) is 3.95. The van der Waals surface area contributed by atoms with Crippen molar-refractivity contribution in [2.24, 2.45) is 11.3 Å². The van der Waals surface area contributed by atoms with Crippen molar-refractivity contribution in [1.82, 2.24) is 39.5 Å². The first-order chi connectivity index (χ1) is 33.6. The summed E-state index contributed by atoms with van der Waals surface area (Å²) in [6.07, 6.45) is 4.66. The number of phenolic OH excluding ortho intramolecular Hbond substituents is 1. The van der Waals surface area contributed by atoms with Crippen molar-refractivity contribution in [2.45, 2.75) is 110 Å². The number of carbonyl (C=O) groups excluding carboxylic acids is 3. The minimum absolute atomic E-state index is 0.0345. The van der Waals surface area contributed by atoms with Crippen LogP contribution < -0.4 is 10.7 Å². The molecule has 4 aromatic rings. The van der Waals surface area contributed by atoms with Gasteiger partial charge in [-0.15, -0.1) is 5.01 Å². The van der Waals surface area contributed by atoms with Crippen molar-refractivity contribution in [1.29, 1.82) is 0 Å². The minimum atomic E-state index is -3.77. The summed E-state index contributed by atoms with van der Waals surface area (Å²) in [5.41, 5.74) is 9.37. The van der Waals surface area contributed by atoms with Gasteiger partial charge in [-0.2, -0.15) is 4.31 Å². The third-order valence-electron chi connectivity index (χ3n) is 13.8. The molecule has 3 aliphatic heterocycles. The largest absolute Gasteiger partial charge is 0.508 e. The number of benzene rings is 2. The number of amides is 2. The lowest BCUT2D eigenvalue weighted by atomic mass is 9.84. The highest BCUT2D eigenvalue weighted by molar-refractivity contribution is 7.92. The maximum absolute atomic E-state index is 14.8. The van der Waals surface area contributed by atoms with Crippen molar-refractivity contribution < 1.29 is 42.3 Å². The number of aryl methyl sites for hydroxylation is 1. The van der Waals surface area contributed by atoms with E-state index in [1.807, 2.05) is 44.1 Å². The Kier molecular flexibility index (Phi) is 16.4. The first-order valence-corrected chi connectivity index (χ1v) is 26.1. The Hall–Kier alpha value is -5.73. The van der Waals surface area contributed by atoms with Crippen LogP contribution in [0.2, 0.25) is 0 Å². The highest BCUT2D eigenvalue weighted by atomic mass is 32.2. The fraction of sp³-hybridized carbons (Fsp3) is 0.538.